The number of hydrogen-bond acceptors (Lipinski definition) is 12. The Morgan fingerprint density at radius 3 is 2.36 bits per heavy atom. The number of hydrogen-bond donors (Lipinski definition) is 3. The van der Waals surface area contributed by atoms with E-state index in [9.17, 15) is 9.90 Å². The third-order valence-corrected chi connectivity index (χ3v) is 7.51. The number of piperazine rings is 1. The van der Waals surface area contributed by atoms with Gasteiger partial charge in [-0.15, -0.1) is 11.3 Å². The summed E-state index contributed by atoms with van der Waals surface area (Å²) in [5.74, 6) is 1.04. The van der Waals surface area contributed by atoms with Crippen molar-refractivity contribution >= 4 is 40.8 Å². The predicted octanol–water partition coefficient (Wildman–Crippen LogP) is 4.12. The number of aromatic hydroxyl groups is 1. The summed E-state index contributed by atoms with van der Waals surface area (Å²) in [5, 5.41) is 17.9. The van der Waals surface area contributed by atoms with Gasteiger partial charge in [-0.3, -0.25) is 20.3 Å². The molecule has 13 heteroatoms. The fourth-order valence-electron chi connectivity index (χ4n) is 4.60. The third-order valence-electron chi connectivity index (χ3n) is 6.71. The summed E-state index contributed by atoms with van der Waals surface area (Å²) in [6, 6.07) is 16.7. The minimum Gasteiger partial charge on any atom is -0.508 e. The Labute approximate surface area is 246 Å². The number of anilines is 4. The molecule has 0 unspecified atom stereocenters. The first-order chi connectivity index (χ1) is 20.5. The van der Waals surface area contributed by atoms with Gasteiger partial charge in [-0.05, 0) is 55.0 Å². The molecule has 1 aliphatic heterocycles. The van der Waals surface area contributed by atoms with Gasteiger partial charge < -0.3 is 10.0 Å². The Morgan fingerprint density at radius 2 is 1.62 bits per heavy atom. The van der Waals surface area contributed by atoms with E-state index in [1.165, 1.54) is 11.3 Å². The largest absolute Gasteiger partial charge is 0.508 e. The summed E-state index contributed by atoms with van der Waals surface area (Å²) >= 11 is 1.48. The van der Waals surface area contributed by atoms with Crippen LogP contribution in [0.1, 0.15) is 21.7 Å². The minimum absolute atomic E-state index is 0.127. The second-order valence-electron chi connectivity index (χ2n) is 9.69. The smallest absolute Gasteiger partial charge is 0.258 e. The standard InChI is InChI=1S/C29H28N10O2S/c1-19-32-28(37-29(33-19)36-27-31-11-10-24(34-27)26-30-12-17-42-26)35-25(41)21-4-2-20(3-5-21)18-38-13-15-39(16-14-38)22-6-8-23(40)9-7-22/h2-12,17,40H,13-16,18H2,1H3,(H2,31,32,33,34,35,36,37,41). The number of aryl methyl sites for hydroxylation is 1. The number of rotatable bonds is 8. The van der Waals surface area contributed by atoms with Gasteiger partial charge >= 0.3 is 0 Å². The van der Waals surface area contributed by atoms with Crippen LogP contribution in [0, 0.1) is 6.92 Å². The number of aromatic nitrogens is 6. The molecule has 1 saturated heterocycles. The molecular weight excluding hydrogens is 552 g/mol. The van der Waals surface area contributed by atoms with Crippen molar-refractivity contribution in [3.05, 3.63) is 89.3 Å². The second-order valence-corrected chi connectivity index (χ2v) is 10.6. The molecule has 4 heterocycles. The van der Waals surface area contributed by atoms with Gasteiger partial charge in [0.25, 0.3) is 5.91 Å². The molecule has 2 aromatic carbocycles. The molecule has 1 aliphatic rings. The topological polar surface area (TPSA) is 145 Å². The van der Waals surface area contributed by atoms with E-state index in [4.69, 9.17) is 0 Å². The highest BCUT2D eigenvalue weighted by atomic mass is 32.1. The summed E-state index contributed by atoms with van der Waals surface area (Å²) in [7, 11) is 0. The van der Waals surface area contributed by atoms with Gasteiger partial charge in [0, 0.05) is 61.7 Å². The van der Waals surface area contributed by atoms with Gasteiger partial charge in [-0.25, -0.2) is 15.0 Å². The number of carbonyl (C=O) groups excluding carboxylic acids is 1. The van der Waals surface area contributed by atoms with Gasteiger partial charge in [0.15, 0.2) is 0 Å². The summed E-state index contributed by atoms with van der Waals surface area (Å²) in [6.45, 7) is 6.21. The van der Waals surface area contributed by atoms with Crippen molar-refractivity contribution < 1.29 is 9.90 Å². The van der Waals surface area contributed by atoms with Crippen LogP contribution in [0.5, 0.6) is 5.75 Å². The SMILES string of the molecule is Cc1nc(NC(=O)c2ccc(CN3CCN(c4ccc(O)cc4)CC3)cc2)nc(Nc2nccc(-c3nccs3)n2)n1. The molecule has 0 aliphatic carbocycles. The molecule has 0 spiro atoms. The van der Waals surface area contributed by atoms with Crippen LogP contribution in [0.2, 0.25) is 0 Å². The minimum atomic E-state index is -0.317. The van der Waals surface area contributed by atoms with Gasteiger partial charge in [-0.1, -0.05) is 12.1 Å². The van der Waals surface area contributed by atoms with Crippen molar-refractivity contribution in [3.8, 4) is 16.5 Å². The average Bonchev–Trinajstić information content (AvgIpc) is 3.54. The second kappa shape index (κ2) is 12.2. The van der Waals surface area contributed by atoms with E-state index in [0.717, 1.165) is 49.0 Å². The van der Waals surface area contributed by atoms with E-state index >= 15 is 0 Å². The Kier molecular flexibility index (Phi) is 7.92. The number of phenolic OH excluding ortho intramolecular Hbond substituents is 1. The van der Waals surface area contributed by atoms with Crippen LogP contribution in [-0.2, 0) is 6.54 Å². The molecule has 3 N–H and O–H groups in total. The lowest BCUT2D eigenvalue weighted by Gasteiger charge is -2.36. The van der Waals surface area contributed by atoms with E-state index in [-0.39, 0.29) is 23.6 Å². The van der Waals surface area contributed by atoms with Crippen LogP contribution >= 0.6 is 11.3 Å². The van der Waals surface area contributed by atoms with Crippen LogP contribution < -0.4 is 15.5 Å². The highest BCUT2D eigenvalue weighted by molar-refractivity contribution is 7.13. The lowest BCUT2D eigenvalue weighted by molar-refractivity contribution is 0.102. The number of nitrogens with one attached hydrogen (secondary N) is 2. The molecular formula is C29H28N10O2S. The number of thiazole rings is 1. The maximum atomic E-state index is 13.0. The number of nitrogens with zero attached hydrogens (tertiary/aromatic N) is 8. The monoisotopic (exact) mass is 580 g/mol. The van der Waals surface area contributed by atoms with Gasteiger partial charge in [-0.2, -0.15) is 15.0 Å². The molecule has 0 radical (unpaired) electrons. The lowest BCUT2D eigenvalue weighted by Crippen LogP contribution is -2.45. The number of benzene rings is 2. The van der Waals surface area contributed by atoms with Gasteiger partial charge in [0.2, 0.25) is 17.8 Å². The van der Waals surface area contributed by atoms with Gasteiger partial charge in [0.1, 0.15) is 22.3 Å². The number of carbonyl (C=O) groups is 1. The summed E-state index contributed by atoms with van der Waals surface area (Å²) in [6.07, 6.45) is 3.35. The van der Waals surface area contributed by atoms with Crippen molar-refractivity contribution in [3.63, 3.8) is 0 Å². The average molecular weight is 581 g/mol. The Hall–Kier alpha value is -5.01. The molecule has 212 valence electrons. The van der Waals surface area contributed by atoms with E-state index in [2.05, 4.69) is 50.3 Å². The molecule has 1 fully saturated rings. The highest BCUT2D eigenvalue weighted by Crippen LogP contribution is 2.22. The molecule has 0 bridgehead atoms. The first kappa shape index (κ1) is 27.2. The van der Waals surface area contributed by atoms with Crippen molar-refractivity contribution in [1.29, 1.82) is 0 Å². The lowest BCUT2D eigenvalue weighted by atomic mass is 10.1. The van der Waals surface area contributed by atoms with Crippen LogP contribution in [0.4, 0.5) is 23.5 Å². The summed E-state index contributed by atoms with van der Waals surface area (Å²) in [5.41, 5.74) is 3.44. The van der Waals surface area contributed by atoms with Crippen molar-refractivity contribution in [2.75, 3.05) is 41.7 Å². The van der Waals surface area contributed by atoms with Crippen LogP contribution in [0.25, 0.3) is 10.7 Å². The third kappa shape index (κ3) is 6.65. The van der Waals surface area contributed by atoms with Gasteiger partial charge in [0.05, 0.1) is 0 Å². The molecule has 6 rings (SSSR count). The Bertz CT molecular complexity index is 1660. The van der Waals surface area contributed by atoms with E-state index in [1.807, 2.05) is 41.8 Å². The Balaban J connectivity index is 1.04. The first-order valence-electron chi connectivity index (χ1n) is 13.4. The predicted molar refractivity (Wildman–Crippen MR) is 161 cm³/mol. The van der Waals surface area contributed by atoms with Crippen molar-refractivity contribution in [2.45, 2.75) is 13.5 Å². The number of phenols is 1. The Morgan fingerprint density at radius 1 is 0.857 bits per heavy atom. The molecule has 42 heavy (non-hydrogen) atoms. The van der Waals surface area contributed by atoms with Crippen LogP contribution in [-0.4, -0.2) is 72.0 Å². The zero-order valence-electron chi connectivity index (χ0n) is 22.8. The fourth-order valence-corrected chi connectivity index (χ4v) is 5.21. The first-order valence-corrected chi connectivity index (χ1v) is 14.3. The van der Waals surface area contributed by atoms with E-state index in [1.54, 1.807) is 37.5 Å². The summed E-state index contributed by atoms with van der Waals surface area (Å²) in [4.78, 5) is 43.6. The van der Waals surface area contributed by atoms with Crippen molar-refractivity contribution in [1.82, 2.24) is 34.8 Å². The molecule has 5 aromatic rings. The van der Waals surface area contributed by atoms with E-state index < -0.39 is 0 Å². The zero-order valence-corrected chi connectivity index (χ0v) is 23.6. The quantitative estimate of drug-likeness (QED) is 0.244. The fraction of sp³-hybridized carbons (Fsp3) is 0.207. The van der Waals surface area contributed by atoms with E-state index in [0.29, 0.717) is 23.0 Å². The normalized spacial score (nSPS) is 13.6. The van der Waals surface area contributed by atoms with Crippen molar-refractivity contribution in [2.24, 2.45) is 0 Å². The zero-order chi connectivity index (χ0) is 28.9. The maximum Gasteiger partial charge on any atom is 0.258 e. The molecule has 1 amide bonds. The van der Waals surface area contributed by atoms with Crippen LogP contribution in [0.3, 0.4) is 0 Å². The number of amides is 1. The highest BCUT2D eigenvalue weighted by Gasteiger charge is 2.18. The molecule has 0 atom stereocenters. The maximum absolute atomic E-state index is 13.0. The molecule has 3 aromatic heterocycles. The summed E-state index contributed by atoms with van der Waals surface area (Å²) < 4.78 is 0. The molecule has 0 saturated carbocycles. The van der Waals surface area contributed by atoms with Crippen LogP contribution in [0.15, 0.2) is 72.4 Å². The molecule has 12 nitrogen and oxygen atoms in total.